The summed E-state index contributed by atoms with van der Waals surface area (Å²) in [5, 5.41) is 2.97. The van der Waals surface area contributed by atoms with Gasteiger partial charge in [0.15, 0.2) is 5.13 Å². The lowest BCUT2D eigenvalue weighted by Crippen LogP contribution is -2.23. The summed E-state index contributed by atoms with van der Waals surface area (Å²) in [5.41, 5.74) is 1.44. The van der Waals surface area contributed by atoms with E-state index < -0.39 is 15.9 Å². The second-order valence-electron chi connectivity index (χ2n) is 5.85. The largest absolute Gasteiger partial charge is 0.298 e. The number of carbonyl (C=O) groups excluding carboxylic acids is 1. The van der Waals surface area contributed by atoms with Gasteiger partial charge in [-0.2, -0.15) is 0 Å². The second kappa shape index (κ2) is 6.75. The van der Waals surface area contributed by atoms with Crippen molar-refractivity contribution >= 4 is 42.6 Å². The zero-order valence-corrected chi connectivity index (χ0v) is 15.9. The molecule has 9 heteroatoms. The molecule has 0 spiro atoms. The van der Waals surface area contributed by atoms with Crippen LogP contribution in [-0.4, -0.2) is 37.7 Å². The van der Waals surface area contributed by atoms with Gasteiger partial charge in [-0.05, 0) is 42.8 Å². The van der Waals surface area contributed by atoms with Crippen molar-refractivity contribution in [3.05, 3.63) is 53.3 Å². The van der Waals surface area contributed by atoms with Crippen LogP contribution >= 0.6 is 11.3 Å². The molecule has 1 N–H and O–H groups in total. The fourth-order valence-corrected chi connectivity index (χ4v) is 4.15. The first-order chi connectivity index (χ1) is 12.2. The molecule has 1 heterocycles. The summed E-state index contributed by atoms with van der Waals surface area (Å²) in [5.74, 6) is -0.853. The first kappa shape index (κ1) is 18.4. The molecular weight excluding hydrogens is 377 g/mol. The molecule has 6 nitrogen and oxygen atoms in total. The van der Waals surface area contributed by atoms with Crippen LogP contribution in [0, 0.1) is 12.7 Å². The second-order valence-corrected chi connectivity index (χ2v) is 9.03. The Hall–Kier alpha value is -2.36. The Morgan fingerprint density at radius 1 is 1.19 bits per heavy atom. The number of hydrogen-bond acceptors (Lipinski definition) is 5. The molecule has 1 aromatic heterocycles. The number of amides is 1. The van der Waals surface area contributed by atoms with Gasteiger partial charge in [-0.25, -0.2) is 22.1 Å². The molecular formula is C17H16FN3O3S2. The van der Waals surface area contributed by atoms with Gasteiger partial charge in [0.2, 0.25) is 10.0 Å². The topological polar surface area (TPSA) is 79.4 Å². The number of aryl methyl sites for hydroxylation is 1. The molecule has 0 aliphatic rings. The van der Waals surface area contributed by atoms with Gasteiger partial charge in [0.1, 0.15) is 5.82 Å². The highest BCUT2D eigenvalue weighted by Gasteiger charge is 2.20. The highest BCUT2D eigenvalue weighted by molar-refractivity contribution is 7.89. The third-order valence-corrected chi connectivity index (χ3v) is 6.55. The van der Waals surface area contributed by atoms with Crippen LogP contribution in [0.5, 0.6) is 0 Å². The number of halogens is 1. The number of carbonyl (C=O) groups is 1. The average Bonchev–Trinajstić information content (AvgIpc) is 2.95. The summed E-state index contributed by atoms with van der Waals surface area (Å²) in [6.07, 6.45) is 0. The summed E-state index contributed by atoms with van der Waals surface area (Å²) < 4.78 is 39.5. The monoisotopic (exact) mass is 393 g/mol. The lowest BCUT2D eigenvalue weighted by atomic mass is 10.1. The summed E-state index contributed by atoms with van der Waals surface area (Å²) in [4.78, 5) is 16.9. The van der Waals surface area contributed by atoms with Crippen molar-refractivity contribution < 1.29 is 17.6 Å². The van der Waals surface area contributed by atoms with Crippen molar-refractivity contribution in [1.82, 2.24) is 9.29 Å². The fourth-order valence-electron chi connectivity index (χ4n) is 2.33. The van der Waals surface area contributed by atoms with Gasteiger partial charge < -0.3 is 0 Å². The number of anilines is 1. The van der Waals surface area contributed by atoms with Crippen LogP contribution in [0.25, 0.3) is 10.2 Å². The first-order valence-corrected chi connectivity index (χ1v) is 9.85. The Morgan fingerprint density at radius 3 is 2.62 bits per heavy atom. The quantitative estimate of drug-likeness (QED) is 0.738. The number of hydrogen-bond donors (Lipinski definition) is 1. The van der Waals surface area contributed by atoms with Crippen LogP contribution in [0.4, 0.5) is 9.52 Å². The van der Waals surface area contributed by atoms with Crippen LogP contribution in [0.15, 0.2) is 41.3 Å². The van der Waals surface area contributed by atoms with E-state index in [0.717, 1.165) is 15.6 Å². The van der Waals surface area contributed by atoms with Crippen molar-refractivity contribution in [3.8, 4) is 0 Å². The summed E-state index contributed by atoms with van der Waals surface area (Å²) in [6, 6.07) is 8.56. The molecule has 0 bridgehead atoms. The molecule has 0 saturated carbocycles. The van der Waals surface area contributed by atoms with Crippen molar-refractivity contribution in [2.45, 2.75) is 11.8 Å². The Morgan fingerprint density at radius 2 is 1.92 bits per heavy atom. The van der Waals surface area contributed by atoms with Crippen LogP contribution in [0.2, 0.25) is 0 Å². The maximum Gasteiger partial charge on any atom is 0.257 e. The zero-order chi connectivity index (χ0) is 19.1. The number of nitrogens with one attached hydrogen (secondary N) is 1. The number of rotatable bonds is 4. The molecule has 1 amide bonds. The van der Waals surface area contributed by atoms with Crippen LogP contribution in [0.3, 0.4) is 0 Å². The van der Waals surface area contributed by atoms with Crippen molar-refractivity contribution in [3.63, 3.8) is 0 Å². The minimum absolute atomic E-state index is 0.0321. The van der Waals surface area contributed by atoms with E-state index in [1.165, 1.54) is 44.4 Å². The fraction of sp³-hybridized carbons (Fsp3) is 0.176. The smallest absolute Gasteiger partial charge is 0.257 e. The molecule has 3 aromatic rings. The standard InChI is InChI=1S/C17H16FN3O3S2/c1-10-4-6-12(26(23,24)21(2)3)9-13(10)16(22)20-17-19-14-7-5-11(18)8-15(14)25-17/h4-9H,1-3H3,(H,19,20,22). The van der Waals surface area contributed by atoms with E-state index in [0.29, 0.717) is 20.9 Å². The lowest BCUT2D eigenvalue weighted by molar-refractivity contribution is 0.102. The maximum atomic E-state index is 13.3. The first-order valence-electron chi connectivity index (χ1n) is 7.59. The van der Waals surface area contributed by atoms with Gasteiger partial charge in [-0.15, -0.1) is 0 Å². The van der Waals surface area contributed by atoms with Gasteiger partial charge in [-0.3, -0.25) is 10.1 Å². The molecule has 2 aromatic carbocycles. The van der Waals surface area contributed by atoms with Gasteiger partial charge >= 0.3 is 0 Å². The maximum absolute atomic E-state index is 13.3. The van der Waals surface area contributed by atoms with Gasteiger partial charge in [0.25, 0.3) is 5.91 Å². The van der Waals surface area contributed by atoms with Crippen molar-refractivity contribution in [2.24, 2.45) is 0 Å². The zero-order valence-electron chi connectivity index (χ0n) is 14.3. The van der Waals surface area contributed by atoms with E-state index in [9.17, 15) is 17.6 Å². The molecule has 0 fully saturated rings. The van der Waals surface area contributed by atoms with E-state index >= 15 is 0 Å². The molecule has 3 rings (SSSR count). The summed E-state index contributed by atoms with van der Waals surface area (Å²) in [6.45, 7) is 1.72. The molecule has 136 valence electrons. The van der Waals surface area contributed by atoms with Crippen molar-refractivity contribution in [1.29, 1.82) is 0 Å². The Kier molecular flexibility index (Phi) is 4.78. The number of nitrogens with zero attached hydrogens (tertiary/aromatic N) is 2. The molecule has 0 aliphatic carbocycles. The molecule has 0 radical (unpaired) electrons. The SMILES string of the molecule is Cc1ccc(S(=O)(=O)N(C)C)cc1C(=O)Nc1nc2ccc(F)cc2s1. The number of sulfonamides is 1. The van der Waals surface area contributed by atoms with Gasteiger partial charge in [-0.1, -0.05) is 17.4 Å². The van der Waals surface area contributed by atoms with Gasteiger partial charge in [0, 0.05) is 19.7 Å². The van der Waals surface area contributed by atoms with E-state index in [2.05, 4.69) is 10.3 Å². The summed E-state index contributed by atoms with van der Waals surface area (Å²) >= 11 is 1.15. The van der Waals surface area contributed by atoms with E-state index in [1.54, 1.807) is 13.0 Å². The van der Waals surface area contributed by atoms with E-state index in [-0.39, 0.29) is 16.3 Å². The number of benzene rings is 2. The molecule has 0 atom stereocenters. The minimum Gasteiger partial charge on any atom is -0.298 e. The van der Waals surface area contributed by atoms with Gasteiger partial charge in [0.05, 0.1) is 15.1 Å². The highest BCUT2D eigenvalue weighted by Crippen LogP contribution is 2.27. The summed E-state index contributed by atoms with van der Waals surface area (Å²) in [7, 11) is -0.798. The Balaban J connectivity index is 1.94. The Labute approximate surface area is 154 Å². The third-order valence-electron chi connectivity index (χ3n) is 3.80. The molecule has 26 heavy (non-hydrogen) atoms. The third kappa shape index (κ3) is 3.46. The molecule has 0 unspecified atom stereocenters. The van der Waals surface area contributed by atoms with Crippen molar-refractivity contribution in [2.75, 3.05) is 19.4 Å². The average molecular weight is 393 g/mol. The Bertz CT molecular complexity index is 1110. The minimum atomic E-state index is -3.65. The molecule has 0 saturated heterocycles. The predicted octanol–water partition coefficient (Wildman–Crippen LogP) is 3.25. The number of thiazole rings is 1. The number of aromatic nitrogens is 1. The normalized spacial score (nSPS) is 11.9. The van der Waals surface area contributed by atoms with Crippen LogP contribution < -0.4 is 5.32 Å². The van der Waals surface area contributed by atoms with Crippen LogP contribution in [-0.2, 0) is 10.0 Å². The highest BCUT2D eigenvalue weighted by atomic mass is 32.2. The predicted molar refractivity (Wildman–Crippen MR) is 99.6 cm³/mol. The number of fused-ring (bicyclic) bond motifs is 1. The van der Waals surface area contributed by atoms with E-state index in [1.807, 2.05) is 0 Å². The van der Waals surface area contributed by atoms with E-state index in [4.69, 9.17) is 0 Å². The lowest BCUT2D eigenvalue weighted by Gasteiger charge is -2.13. The van der Waals surface area contributed by atoms with Crippen LogP contribution in [0.1, 0.15) is 15.9 Å². The molecule has 0 aliphatic heterocycles.